The molecule has 0 bridgehead atoms. The van der Waals surface area contributed by atoms with E-state index in [-0.39, 0.29) is 0 Å². The van der Waals surface area contributed by atoms with Crippen LogP contribution in [0.3, 0.4) is 0 Å². The molecule has 0 aliphatic rings. The van der Waals surface area contributed by atoms with E-state index in [1.165, 1.54) is 6.07 Å². The van der Waals surface area contributed by atoms with Crippen molar-refractivity contribution < 1.29 is 8.78 Å². The van der Waals surface area contributed by atoms with Crippen molar-refractivity contribution in [2.24, 2.45) is 0 Å². The lowest BCUT2D eigenvalue weighted by molar-refractivity contribution is 0.509. The largest absolute Gasteiger partial charge is 0.350 e. The average molecular weight is 327 g/mol. The molecular formula is C17H15F2N5. The zero-order valence-electron chi connectivity index (χ0n) is 12.9. The summed E-state index contributed by atoms with van der Waals surface area (Å²) in [6, 6.07) is 9.10. The smallest absolute Gasteiger partial charge is 0.225 e. The summed E-state index contributed by atoms with van der Waals surface area (Å²) in [6.07, 6.45) is 3.46. The van der Waals surface area contributed by atoms with Crippen molar-refractivity contribution in [3.63, 3.8) is 0 Å². The number of nitrogens with zero attached hydrogens (tertiary/aromatic N) is 3. The first-order valence-corrected chi connectivity index (χ1v) is 7.31. The number of hydrogen-bond donors (Lipinski definition) is 2. The number of aromatic nitrogens is 3. The van der Waals surface area contributed by atoms with Gasteiger partial charge in [0, 0.05) is 42.5 Å². The first-order valence-electron chi connectivity index (χ1n) is 7.31. The van der Waals surface area contributed by atoms with Crippen LogP contribution in [0.4, 0.5) is 26.2 Å². The summed E-state index contributed by atoms with van der Waals surface area (Å²) < 4.78 is 26.3. The van der Waals surface area contributed by atoms with Crippen molar-refractivity contribution >= 4 is 17.5 Å². The number of anilines is 3. The summed E-state index contributed by atoms with van der Waals surface area (Å²) in [5.41, 5.74) is 2.15. The molecule has 7 heteroatoms. The number of benzene rings is 1. The fourth-order valence-electron chi connectivity index (χ4n) is 2.12. The van der Waals surface area contributed by atoms with E-state index in [4.69, 9.17) is 0 Å². The maximum absolute atomic E-state index is 13.3. The van der Waals surface area contributed by atoms with Gasteiger partial charge in [0.1, 0.15) is 5.82 Å². The minimum atomic E-state index is -0.916. The normalized spacial score (nSPS) is 10.5. The van der Waals surface area contributed by atoms with Gasteiger partial charge in [-0.1, -0.05) is 6.07 Å². The van der Waals surface area contributed by atoms with Gasteiger partial charge in [0.15, 0.2) is 11.6 Å². The molecule has 0 spiro atoms. The van der Waals surface area contributed by atoms with Gasteiger partial charge in [0.05, 0.1) is 0 Å². The third kappa shape index (κ3) is 4.01. The summed E-state index contributed by atoms with van der Waals surface area (Å²) in [7, 11) is 0. The Bertz CT molecular complexity index is 840. The number of halogens is 2. The number of nitrogens with one attached hydrogen (secondary N) is 2. The minimum Gasteiger partial charge on any atom is -0.350 e. The molecule has 0 amide bonds. The molecule has 1 aromatic carbocycles. The quantitative estimate of drug-likeness (QED) is 0.746. The molecule has 2 N–H and O–H groups in total. The number of pyridine rings is 1. The predicted octanol–water partition coefficient (Wildman–Crippen LogP) is 3.81. The fraction of sp³-hybridized carbons (Fsp3) is 0.118. The molecule has 2 aromatic heterocycles. The molecule has 2 heterocycles. The zero-order chi connectivity index (χ0) is 16.9. The summed E-state index contributed by atoms with van der Waals surface area (Å²) in [4.78, 5) is 12.7. The van der Waals surface area contributed by atoms with Gasteiger partial charge in [-0.05, 0) is 30.7 Å². The van der Waals surface area contributed by atoms with Gasteiger partial charge in [-0.15, -0.1) is 0 Å². The van der Waals surface area contributed by atoms with Crippen molar-refractivity contribution in [3.8, 4) is 0 Å². The SMILES string of the molecule is Cc1cc(Nc2ccc(F)c(F)c2)nc(NCc2cccnc2)n1. The van der Waals surface area contributed by atoms with Gasteiger partial charge in [-0.3, -0.25) is 4.98 Å². The second kappa shape index (κ2) is 6.99. The van der Waals surface area contributed by atoms with Crippen molar-refractivity contribution in [3.05, 3.63) is 71.7 Å². The first-order chi connectivity index (χ1) is 11.6. The summed E-state index contributed by atoms with van der Waals surface area (Å²) in [6.45, 7) is 2.36. The van der Waals surface area contributed by atoms with E-state index in [1.54, 1.807) is 18.5 Å². The Morgan fingerprint density at radius 2 is 1.92 bits per heavy atom. The molecule has 0 saturated heterocycles. The van der Waals surface area contributed by atoms with E-state index in [1.807, 2.05) is 19.1 Å². The maximum atomic E-state index is 13.3. The van der Waals surface area contributed by atoms with E-state index in [2.05, 4.69) is 25.6 Å². The highest BCUT2D eigenvalue weighted by atomic mass is 19.2. The van der Waals surface area contributed by atoms with Crippen LogP contribution < -0.4 is 10.6 Å². The van der Waals surface area contributed by atoms with Gasteiger partial charge in [0.2, 0.25) is 5.95 Å². The van der Waals surface area contributed by atoms with Crippen LogP contribution >= 0.6 is 0 Å². The molecule has 3 aromatic rings. The zero-order valence-corrected chi connectivity index (χ0v) is 12.9. The first kappa shape index (κ1) is 15.8. The Labute approximate surface area is 137 Å². The molecule has 0 aliphatic heterocycles. The Morgan fingerprint density at radius 1 is 1.04 bits per heavy atom. The van der Waals surface area contributed by atoms with Crippen LogP contribution in [-0.2, 0) is 6.54 Å². The Hall–Kier alpha value is -3.09. The van der Waals surface area contributed by atoms with Gasteiger partial charge in [0.25, 0.3) is 0 Å². The highest BCUT2D eigenvalue weighted by Crippen LogP contribution is 2.19. The van der Waals surface area contributed by atoms with Crippen molar-refractivity contribution in [2.75, 3.05) is 10.6 Å². The number of rotatable bonds is 5. The molecule has 0 saturated carbocycles. The second-order valence-electron chi connectivity index (χ2n) is 5.19. The van der Waals surface area contributed by atoms with Gasteiger partial charge in [-0.25, -0.2) is 13.8 Å². The van der Waals surface area contributed by atoms with Crippen molar-refractivity contribution in [1.82, 2.24) is 15.0 Å². The molecule has 0 atom stereocenters. The van der Waals surface area contributed by atoms with Crippen LogP contribution in [0.15, 0.2) is 48.8 Å². The average Bonchev–Trinajstić information content (AvgIpc) is 2.57. The van der Waals surface area contributed by atoms with Crippen LogP contribution in [0, 0.1) is 18.6 Å². The Kier molecular flexibility index (Phi) is 4.60. The summed E-state index contributed by atoms with van der Waals surface area (Å²) in [5.74, 6) is -0.884. The van der Waals surface area contributed by atoms with E-state index < -0.39 is 11.6 Å². The highest BCUT2D eigenvalue weighted by molar-refractivity contribution is 5.57. The lowest BCUT2D eigenvalue weighted by Crippen LogP contribution is -2.06. The summed E-state index contributed by atoms with van der Waals surface area (Å²) in [5, 5.41) is 6.05. The van der Waals surface area contributed by atoms with Crippen molar-refractivity contribution in [1.29, 1.82) is 0 Å². The maximum Gasteiger partial charge on any atom is 0.225 e. The van der Waals surface area contributed by atoms with E-state index in [9.17, 15) is 8.78 Å². The topological polar surface area (TPSA) is 62.7 Å². The van der Waals surface area contributed by atoms with Gasteiger partial charge >= 0.3 is 0 Å². The third-order valence-corrected chi connectivity index (χ3v) is 3.22. The Morgan fingerprint density at radius 3 is 2.67 bits per heavy atom. The molecule has 0 radical (unpaired) electrons. The van der Waals surface area contributed by atoms with E-state index >= 15 is 0 Å². The van der Waals surface area contributed by atoms with Crippen LogP contribution in [0.2, 0.25) is 0 Å². The second-order valence-corrected chi connectivity index (χ2v) is 5.19. The number of hydrogen-bond acceptors (Lipinski definition) is 5. The Balaban J connectivity index is 1.74. The van der Waals surface area contributed by atoms with Crippen LogP contribution in [0.5, 0.6) is 0 Å². The molecule has 3 rings (SSSR count). The molecule has 0 unspecified atom stereocenters. The molecule has 0 aliphatic carbocycles. The lowest BCUT2D eigenvalue weighted by Gasteiger charge is -2.10. The van der Waals surface area contributed by atoms with Crippen LogP contribution in [0.25, 0.3) is 0 Å². The standard InChI is InChI=1S/C17H15F2N5/c1-11-7-16(23-13-4-5-14(18)15(19)8-13)24-17(22-11)21-10-12-3-2-6-20-9-12/h2-9H,10H2,1H3,(H2,21,22,23,24). The van der Waals surface area contributed by atoms with E-state index in [0.717, 1.165) is 23.4 Å². The monoisotopic (exact) mass is 327 g/mol. The predicted molar refractivity (Wildman–Crippen MR) is 88.0 cm³/mol. The molecule has 5 nitrogen and oxygen atoms in total. The molecule has 24 heavy (non-hydrogen) atoms. The van der Waals surface area contributed by atoms with E-state index in [0.29, 0.717) is 24.0 Å². The summed E-state index contributed by atoms with van der Waals surface area (Å²) >= 11 is 0. The van der Waals surface area contributed by atoms with Gasteiger partial charge < -0.3 is 10.6 Å². The minimum absolute atomic E-state index is 0.408. The van der Waals surface area contributed by atoms with Crippen molar-refractivity contribution in [2.45, 2.75) is 13.5 Å². The van der Waals surface area contributed by atoms with Crippen LogP contribution in [-0.4, -0.2) is 15.0 Å². The van der Waals surface area contributed by atoms with Gasteiger partial charge in [-0.2, -0.15) is 4.98 Å². The molecule has 0 fully saturated rings. The molecular weight excluding hydrogens is 312 g/mol. The number of aryl methyl sites for hydroxylation is 1. The highest BCUT2D eigenvalue weighted by Gasteiger charge is 2.06. The fourth-order valence-corrected chi connectivity index (χ4v) is 2.12. The third-order valence-electron chi connectivity index (χ3n) is 3.22. The lowest BCUT2D eigenvalue weighted by atomic mass is 10.3. The molecule has 122 valence electrons. The van der Waals surface area contributed by atoms with Crippen LogP contribution in [0.1, 0.15) is 11.3 Å².